The predicted octanol–water partition coefficient (Wildman–Crippen LogP) is 7.24. The molecule has 2 heteroatoms. The number of nitrogens with one attached hydrogen (secondary N) is 1. The summed E-state index contributed by atoms with van der Waals surface area (Å²) in [5.74, 6) is 0.146. The zero-order valence-corrected chi connectivity index (χ0v) is 18.2. The fourth-order valence-corrected chi connectivity index (χ4v) is 4.15. The maximum absolute atomic E-state index is 12.6. The smallest absolute Gasteiger partial charge is 0.224 e. The summed E-state index contributed by atoms with van der Waals surface area (Å²) < 4.78 is 0. The molecule has 0 spiro atoms. The van der Waals surface area contributed by atoms with Crippen LogP contribution in [0.15, 0.2) is 48.5 Å². The van der Waals surface area contributed by atoms with Crippen molar-refractivity contribution in [3.63, 3.8) is 0 Å². The number of rotatable bonds is 11. The SMILES string of the molecule is CCC(CC)(CCCCc1ccccc1)CCC(=O)Nc1c(C)cccc1C. The lowest BCUT2D eigenvalue weighted by molar-refractivity contribution is -0.116. The average molecular weight is 380 g/mol. The molecule has 0 aliphatic rings. The van der Waals surface area contributed by atoms with Gasteiger partial charge in [0.05, 0.1) is 0 Å². The highest BCUT2D eigenvalue weighted by Crippen LogP contribution is 2.38. The minimum absolute atomic E-state index is 0.146. The van der Waals surface area contributed by atoms with Gasteiger partial charge >= 0.3 is 0 Å². The number of anilines is 1. The molecule has 0 aliphatic carbocycles. The molecule has 0 fully saturated rings. The second kappa shape index (κ2) is 11.0. The van der Waals surface area contributed by atoms with Crippen LogP contribution in [-0.4, -0.2) is 5.91 Å². The molecule has 0 saturated heterocycles. The van der Waals surface area contributed by atoms with Crippen molar-refractivity contribution in [2.24, 2.45) is 5.41 Å². The van der Waals surface area contributed by atoms with Gasteiger partial charge in [0.1, 0.15) is 0 Å². The monoisotopic (exact) mass is 379 g/mol. The Morgan fingerprint density at radius 3 is 2.11 bits per heavy atom. The largest absolute Gasteiger partial charge is 0.326 e. The molecule has 0 aliphatic heterocycles. The number of hydrogen-bond acceptors (Lipinski definition) is 1. The summed E-state index contributed by atoms with van der Waals surface area (Å²) in [6.45, 7) is 8.67. The third-order valence-electron chi connectivity index (χ3n) is 6.39. The van der Waals surface area contributed by atoms with Gasteiger partial charge in [-0.25, -0.2) is 0 Å². The third-order valence-corrected chi connectivity index (χ3v) is 6.39. The van der Waals surface area contributed by atoms with Crippen LogP contribution in [0.2, 0.25) is 0 Å². The van der Waals surface area contributed by atoms with E-state index < -0.39 is 0 Å². The molecule has 2 aromatic rings. The Labute approximate surface area is 171 Å². The highest BCUT2D eigenvalue weighted by molar-refractivity contribution is 5.92. The Morgan fingerprint density at radius 1 is 0.857 bits per heavy atom. The number of benzene rings is 2. The van der Waals surface area contributed by atoms with Gasteiger partial charge in [0.2, 0.25) is 5.91 Å². The van der Waals surface area contributed by atoms with Crippen molar-refractivity contribution < 1.29 is 4.79 Å². The molecular weight excluding hydrogens is 342 g/mol. The Bertz CT molecular complexity index is 711. The Hall–Kier alpha value is -2.09. The standard InChI is InChI=1S/C26H37NO/c1-5-26(6-2,19-11-10-17-23-15-8-7-9-16-23)20-18-24(28)27-25-21(3)13-12-14-22(25)4/h7-9,12-16H,5-6,10-11,17-20H2,1-4H3,(H,27,28). The molecule has 2 aromatic carbocycles. The van der Waals surface area contributed by atoms with E-state index in [0.717, 1.165) is 42.5 Å². The number of carbonyl (C=O) groups is 1. The van der Waals surface area contributed by atoms with Crippen molar-refractivity contribution in [3.05, 3.63) is 65.2 Å². The summed E-state index contributed by atoms with van der Waals surface area (Å²) in [5.41, 5.74) is 4.95. The van der Waals surface area contributed by atoms with E-state index in [4.69, 9.17) is 0 Å². The van der Waals surface area contributed by atoms with Crippen molar-refractivity contribution >= 4 is 11.6 Å². The summed E-state index contributed by atoms with van der Waals surface area (Å²) in [6.07, 6.45) is 8.68. The van der Waals surface area contributed by atoms with Gasteiger partial charge < -0.3 is 5.32 Å². The quantitative estimate of drug-likeness (QED) is 0.410. The molecule has 0 aromatic heterocycles. The van der Waals surface area contributed by atoms with Crippen LogP contribution in [0.1, 0.15) is 75.5 Å². The normalized spacial score (nSPS) is 11.4. The van der Waals surface area contributed by atoms with Crippen LogP contribution in [0.4, 0.5) is 5.69 Å². The van der Waals surface area contributed by atoms with Crippen LogP contribution in [0.5, 0.6) is 0 Å². The first kappa shape index (κ1) is 22.2. The molecule has 0 heterocycles. The molecule has 1 N–H and O–H groups in total. The molecule has 0 unspecified atom stereocenters. The van der Waals surface area contributed by atoms with Crippen molar-refractivity contribution in [2.45, 2.75) is 79.1 Å². The number of unbranched alkanes of at least 4 members (excludes halogenated alkanes) is 1. The first-order chi connectivity index (χ1) is 13.5. The Kier molecular flexibility index (Phi) is 8.76. The highest BCUT2D eigenvalue weighted by atomic mass is 16.1. The lowest BCUT2D eigenvalue weighted by Crippen LogP contribution is -2.23. The molecule has 2 rings (SSSR count). The fourth-order valence-electron chi connectivity index (χ4n) is 4.15. The predicted molar refractivity (Wildman–Crippen MR) is 121 cm³/mol. The van der Waals surface area contributed by atoms with E-state index in [1.54, 1.807) is 0 Å². The second-order valence-corrected chi connectivity index (χ2v) is 8.21. The van der Waals surface area contributed by atoms with Crippen molar-refractivity contribution in [3.8, 4) is 0 Å². The number of aryl methyl sites for hydroxylation is 3. The van der Waals surface area contributed by atoms with Gasteiger partial charge in [-0.1, -0.05) is 81.6 Å². The van der Waals surface area contributed by atoms with E-state index in [9.17, 15) is 4.79 Å². The summed E-state index contributed by atoms with van der Waals surface area (Å²) >= 11 is 0. The van der Waals surface area contributed by atoms with E-state index in [1.165, 1.54) is 24.8 Å². The minimum Gasteiger partial charge on any atom is -0.326 e. The van der Waals surface area contributed by atoms with Crippen LogP contribution in [0.3, 0.4) is 0 Å². The molecule has 0 saturated carbocycles. The molecule has 28 heavy (non-hydrogen) atoms. The van der Waals surface area contributed by atoms with Crippen LogP contribution >= 0.6 is 0 Å². The van der Waals surface area contributed by atoms with Gasteiger partial charge in [0.25, 0.3) is 0 Å². The molecule has 0 bridgehead atoms. The first-order valence-corrected chi connectivity index (χ1v) is 10.9. The van der Waals surface area contributed by atoms with Gasteiger partial charge in [0, 0.05) is 12.1 Å². The van der Waals surface area contributed by atoms with Crippen molar-refractivity contribution in [1.82, 2.24) is 0 Å². The van der Waals surface area contributed by atoms with Gasteiger partial charge in [-0.3, -0.25) is 4.79 Å². The second-order valence-electron chi connectivity index (χ2n) is 8.21. The molecule has 152 valence electrons. The summed E-state index contributed by atoms with van der Waals surface area (Å²) in [7, 11) is 0. The van der Waals surface area contributed by atoms with Gasteiger partial charge in [-0.15, -0.1) is 0 Å². The molecule has 0 radical (unpaired) electrons. The maximum Gasteiger partial charge on any atom is 0.224 e. The van der Waals surface area contributed by atoms with E-state index >= 15 is 0 Å². The minimum atomic E-state index is 0.146. The molecule has 1 amide bonds. The average Bonchev–Trinajstić information content (AvgIpc) is 2.71. The van der Waals surface area contributed by atoms with Gasteiger partial charge in [-0.05, 0) is 61.6 Å². The van der Waals surface area contributed by atoms with Crippen molar-refractivity contribution in [1.29, 1.82) is 0 Å². The van der Waals surface area contributed by atoms with E-state index in [2.05, 4.69) is 75.5 Å². The number of para-hydroxylation sites is 1. The lowest BCUT2D eigenvalue weighted by atomic mass is 9.74. The Balaban J connectivity index is 1.84. The van der Waals surface area contributed by atoms with E-state index in [0.29, 0.717) is 6.42 Å². The summed E-state index contributed by atoms with van der Waals surface area (Å²) in [5, 5.41) is 3.15. The van der Waals surface area contributed by atoms with Crippen LogP contribution in [-0.2, 0) is 11.2 Å². The van der Waals surface area contributed by atoms with E-state index in [-0.39, 0.29) is 11.3 Å². The topological polar surface area (TPSA) is 29.1 Å². The number of hydrogen-bond donors (Lipinski definition) is 1. The Morgan fingerprint density at radius 2 is 1.50 bits per heavy atom. The zero-order chi connectivity index (χ0) is 20.4. The molecule has 0 atom stereocenters. The highest BCUT2D eigenvalue weighted by Gasteiger charge is 2.26. The maximum atomic E-state index is 12.6. The summed E-state index contributed by atoms with van der Waals surface area (Å²) in [6, 6.07) is 16.9. The van der Waals surface area contributed by atoms with Crippen molar-refractivity contribution in [2.75, 3.05) is 5.32 Å². The zero-order valence-electron chi connectivity index (χ0n) is 18.2. The molecule has 2 nitrogen and oxygen atoms in total. The van der Waals surface area contributed by atoms with Crippen LogP contribution in [0, 0.1) is 19.3 Å². The first-order valence-electron chi connectivity index (χ1n) is 10.9. The molecular formula is C26H37NO. The van der Waals surface area contributed by atoms with Gasteiger partial charge in [-0.2, -0.15) is 0 Å². The van der Waals surface area contributed by atoms with Gasteiger partial charge in [0.15, 0.2) is 0 Å². The lowest BCUT2D eigenvalue weighted by Gasteiger charge is -2.32. The fraction of sp³-hybridized carbons (Fsp3) is 0.500. The summed E-state index contributed by atoms with van der Waals surface area (Å²) in [4.78, 5) is 12.6. The third kappa shape index (κ3) is 6.51. The number of carbonyl (C=O) groups excluding carboxylic acids is 1. The van der Waals surface area contributed by atoms with Crippen LogP contribution in [0.25, 0.3) is 0 Å². The number of amides is 1. The van der Waals surface area contributed by atoms with Crippen LogP contribution < -0.4 is 5.32 Å². The van der Waals surface area contributed by atoms with E-state index in [1.807, 2.05) is 6.07 Å².